The maximum Gasteiger partial charge on any atom is 0.159 e. The van der Waals surface area contributed by atoms with E-state index in [0.29, 0.717) is 11.9 Å². The van der Waals surface area contributed by atoms with E-state index in [0.717, 1.165) is 28.8 Å². The normalized spacial score (nSPS) is 11.5. The maximum atomic E-state index is 6.10. The number of pyridine rings is 1. The zero-order valence-corrected chi connectivity index (χ0v) is 14.0. The second kappa shape index (κ2) is 7.64. The molecule has 0 aliphatic carbocycles. The van der Waals surface area contributed by atoms with E-state index in [2.05, 4.69) is 36.2 Å². The first-order valence-electron chi connectivity index (χ1n) is 7.90. The largest absolute Gasteiger partial charge is 0.381 e. The smallest absolute Gasteiger partial charge is 0.159 e. The summed E-state index contributed by atoms with van der Waals surface area (Å²) in [7, 11) is 0. The van der Waals surface area contributed by atoms with E-state index in [-0.39, 0.29) is 0 Å². The van der Waals surface area contributed by atoms with Gasteiger partial charge in [-0.05, 0) is 19.8 Å². The summed E-state index contributed by atoms with van der Waals surface area (Å²) in [4.78, 5) is 4.52. The SMILES string of the molecule is CCCC(CCC)Nc1c(CCl)cnc2c1cnn2CC. The van der Waals surface area contributed by atoms with E-state index in [1.54, 1.807) is 0 Å². The zero-order chi connectivity index (χ0) is 15.2. The second-order valence-electron chi connectivity index (χ2n) is 5.41. The average Bonchev–Trinajstić information content (AvgIpc) is 2.91. The number of rotatable bonds is 8. The van der Waals surface area contributed by atoms with Crippen molar-refractivity contribution in [3.63, 3.8) is 0 Å². The van der Waals surface area contributed by atoms with Crippen molar-refractivity contribution in [1.29, 1.82) is 0 Å². The van der Waals surface area contributed by atoms with Crippen LogP contribution in [0.3, 0.4) is 0 Å². The lowest BCUT2D eigenvalue weighted by atomic mass is 10.1. The van der Waals surface area contributed by atoms with Gasteiger partial charge in [0.15, 0.2) is 5.65 Å². The Bertz CT molecular complexity index is 573. The summed E-state index contributed by atoms with van der Waals surface area (Å²) < 4.78 is 1.92. The number of halogens is 1. The van der Waals surface area contributed by atoms with E-state index >= 15 is 0 Å². The number of aryl methyl sites for hydroxylation is 1. The Balaban J connectivity index is 2.41. The van der Waals surface area contributed by atoms with Gasteiger partial charge in [-0.25, -0.2) is 9.67 Å². The lowest BCUT2D eigenvalue weighted by Crippen LogP contribution is -2.20. The van der Waals surface area contributed by atoms with Crippen LogP contribution in [0.2, 0.25) is 0 Å². The van der Waals surface area contributed by atoms with Crippen molar-refractivity contribution in [2.75, 3.05) is 5.32 Å². The van der Waals surface area contributed by atoms with Gasteiger partial charge in [0.2, 0.25) is 0 Å². The van der Waals surface area contributed by atoms with Crippen LogP contribution in [0.1, 0.15) is 52.0 Å². The van der Waals surface area contributed by atoms with Gasteiger partial charge in [0.25, 0.3) is 0 Å². The van der Waals surface area contributed by atoms with Gasteiger partial charge in [-0.3, -0.25) is 0 Å². The van der Waals surface area contributed by atoms with E-state index < -0.39 is 0 Å². The van der Waals surface area contributed by atoms with Crippen molar-refractivity contribution in [1.82, 2.24) is 14.8 Å². The lowest BCUT2D eigenvalue weighted by molar-refractivity contribution is 0.586. The third kappa shape index (κ3) is 3.49. The zero-order valence-electron chi connectivity index (χ0n) is 13.2. The molecule has 2 aromatic heterocycles. The standard InChI is InChI=1S/C16H25ClN4/c1-4-7-13(8-5-2)20-15-12(9-17)10-18-16-14(15)11-19-21(16)6-3/h10-11,13H,4-9H2,1-3H3,(H,18,20). The number of anilines is 1. The Morgan fingerprint density at radius 3 is 2.48 bits per heavy atom. The molecule has 0 spiro atoms. The number of hydrogen-bond acceptors (Lipinski definition) is 3. The topological polar surface area (TPSA) is 42.7 Å². The van der Waals surface area contributed by atoms with Crippen LogP contribution in [0, 0.1) is 0 Å². The Morgan fingerprint density at radius 1 is 1.19 bits per heavy atom. The van der Waals surface area contributed by atoms with E-state index in [1.165, 1.54) is 25.7 Å². The highest BCUT2D eigenvalue weighted by atomic mass is 35.5. The van der Waals surface area contributed by atoms with Crippen LogP contribution in [0.5, 0.6) is 0 Å². The van der Waals surface area contributed by atoms with Crippen LogP contribution in [-0.4, -0.2) is 20.8 Å². The van der Waals surface area contributed by atoms with Crippen LogP contribution in [0.15, 0.2) is 12.4 Å². The summed E-state index contributed by atoms with van der Waals surface area (Å²) in [5, 5.41) is 9.20. The van der Waals surface area contributed by atoms with Crippen molar-refractivity contribution in [2.45, 2.75) is 64.9 Å². The Labute approximate surface area is 131 Å². The summed E-state index contributed by atoms with van der Waals surface area (Å²) in [6.07, 6.45) is 8.47. The molecule has 0 saturated carbocycles. The summed E-state index contributed by atoms with van der Waals surface area (Å²) in [6, 6.07) is 0.484. The highest BCUT2D eigenvalue weighted by Gasteiger charge is 2.15. The van der Waals surface area contributed by atoms with Gasteiger partial charge in [-0.1, -0.05) is 26.7 Å². The number of alkyl halides is 1. The van der Waals surface area contributed by atoms with Gasteiger partial charge in [0, 0.05) is 24.3 Å². The van der Waals surface area contributed by atoms with E-state index in [4.69, 9.17) is 11.6 Å². The quantitative estimate of drug-likeness (QED) is 0.726. The molecule has 0 aliphatic rings. The molecule has 0 aliphatic heterocycles. The third-order valence-electron chi connectivity index (χ3n) is 3.81. The average molecular weight is 309 g/mol. The van der Waals surface area contributed by atoms with E-state index in [1.807, 2.05) is 17.1 Å². The van der Waals surface area contributed by atoms with Gasteiger partial charge in [-0.2, -0.15) is 5.10 Å². The molecule has 0 saturated heterocycles. The molecule has 4 nitrogen and oxygen atoms in total. The minimum absolute atomic E-state index is 0.466. The van der Waals surface area contributed by atoms with Crippen molar-refractivity contribution >= 4 is 28.3 Å². The van der Waals surface area contributed by atoms with Gasteiger partial charge in [0.05, 0.1) is 23.2 Å². The fraction of sp³-hybridized carbons (Fsp3) is 0.625. The van der Waals surface area contributed by atoms with Gasteiger partial charge < -0.3 is 5.32 Å². The summed E-state index contributed by atoms with van der Waals surface area (Å²) in [6.45, 7) is 7.35. The molecule has 0 atom stereocenters. The molecule has 2 rings (SSSR count). The molecule has 1 N–H and O–H groups in total. The molecule has 0 amide bonds. The Hall–Kier alpha value is -1.29. The number of aromatic nitrogens is 3. The number of hydrogen-bond donors (Lipinski definition) is 1. The fourth-order valence-electron chi connectivity index (χ4n) is 2.76. The van der Waals surface area contributed by atoms with Crippen LogP contribution in [0.4, 0.5) is 5.69 Å². The van der Waals surface area contributed by atoms with Crippen LogP contribution in [-0.2, 0) is 12.4 Å². The van der Waals surface area contributed by atoms with Crippen LogP contribution in [0.25, 0.3) is 11.0 Å². The summed E-state index contributed by atoms with van der Waals surface area (Å²) >= 11 is 6.10. The maximum absolute atomic E-state index is 6.10. The minimum Gasteiger partial charge on any atom is -0.381 e. The van der Waals surface area contributed by atoms with E-state index in [9.17, 15) is 0 Å². The molecule has 0 aromatic carbocycles. The van der Waals surface area contributed by atoms with Crippen LogP contribution >= 0.6 is 11.6 Å². The van der Waals surface area contributed by atoms with Crippen molar-refractivity contribution in [2.24, 2.45) is 0 Å². The second-order valence-corrected chi connectivity index (χ2v) is 5.68. The Kier molecular flexibility index (Phi) is 5.85. The monoisotopic (exact) mass is 308 g/mol. The molecular weight excluding hydrogens is 284 g/mol. The molecule has 0 unspecified atom stereocenters. The van der Waals surface area contributed by atoms with Crippen molar-refractivity contribution < 1.29 is 0 Å². The van der Waals surface area contributed by atoms with Gasteiger partial charge >= 0.3 is 0 Å². The molecule has 2 aromatic rings. The predicted octanol–water partition coefficient (Wildman–Crippen LogP) is 4.57. The third-order valence-corrected chi connectivity index (χ3v) is 4.10. The molecule has 5 heteroatoms. The molecule has 2 heterocycles. The van der Waals surface area contributed by atoms with Gasteiger partial charge in [-0.15, -0.1) is 11.6 Å². The minimum atomic E-state index is 0.466. The van der Waals surface area contributed by atoms with Crippen molar-refractivity contribution in [3.8, 4) is 0 Å². The summed E-state index contributed by atoms with van der Waals surface area (Å²) in [5.41, 5.74) is 3.10. The first-order chi connectivity index (χ1) is 10.2. The number of fused-ring (bicyclic) bond motifs is 1. The first-order valence-corrected chi connectivity index (χ1v) is 8.44. The Morgan fingerprint density at radius 2 is 1.90 bits per heavy atom. The highest BCUT2D eigenvalue weighted by molar-refractivity contribution is 6.17. The summed E-state index contributed by atoms with van der Waals surface area (Å²) in [5.74, 6) is 0.466. The molecular formula is C16H25ClN4. The molecule has 0 fully saturated rings. The predicted molar refractivity (Wildman–Crippen MR) is 90.0 cm³/mol. The molecule has 0 bridgehead atoms. The van der Waals surface area contributed by atoms with Crippen LogP contribution < -0.4 is 5.32 Å². The number of nitrogens with zero attached hydrogens (tertiary/aromatic N) is 3. The lowest BCUT2D eigenvalue weighted by Gasteiger charge is -2.21. The number of nitrogens with one attached hydrogen (secondary N) is 1. The molecule has 0 radical (unpaired) electrons. The van der Waals surface area contributed by atoms with Crippen molar-refractivity contribution in [3.05, 3.63) is 18.0 Å². The first kappa shape index (κ1) is 16.1. The molecule has 21 heavy (non-hydrogen) atoms. The molecule has 116 valence electrons. The van der Waals surface area contributed by atoms with Gasteiger partial charge in [0.1, 0.15) is 0 Å². The highest BCUT2D eigenvalue weighted by Crippen LogP contribution is 2.29. The fourth-order valence-corrected chi connectivity index (χ4v) is 2.96.